The van der Waals surface area contributed by atoms with E-state index in [2.05, 4.69) is 18.2 Å². The van der Waals surface area contributed by atoms with E-state index in [-0.39, 0.29) is 12.1 Å². The first-order valence-corrected chi connectivity index (χ1v) is 7.66. The predicted octanol–water partition coefficient (Wildman–Crippen LogP) is 4.30. The third-order valence-electron chi connectivity index (χ3n) is 3.53. The summed E-state index contributed by atoms with van der Waals surface area (Å²) in [6.45, 7) is 4.65. The second kappa shape index (κ2) is 7.60. The highest BCUT2D eigenvalue weighted by Gasteiger charge is 2.21. The monoisotopic (exact) mass is 303 g/mol. The van der Waals surface area contributed by atoms with Crippen molar-refractivity contribution in [2.75, 3.05) is 6.61 Å². The van der Waals surface area contributed by atoms with Crippen LogP contribution in [0.2, 0.25) is 5.02 Å². The van der Waals surface area contributed by atoms with Gasteiger partial charge < -0.3 is 10.5 Å². The average molecular weight is 304 g/mol. The Kier molecular flexibility index (Phi) is 5.80. The summed E-state index contributed by atoms with van der Waals surface area (Å²) in [5.41, 5.74) is 9.72. The van der Waals surface area contributed by atoms with Crippen LogP contribution >= 0.6 is 11.6 Å². The van der Waals surface area contributed by atoms with Crippen LogP contribution in [-0.2, 0) is 11.2 Å². The minimum Gasteiger partial charge on any atom is -0.372 e. The molecule has 2 aromatic rings. The van der Waals surface area contributed by atoms with Gasteiger partial charge >= 0.3 is 0 Å². The third-order valence-corrected chi connectivity index (χ3v) is 3.88. The molecule has 2 unspecified atom stereocenters. The molecule has 2 atom stereocenters. The molecule has 0 aliphatic heterocycles. The van der Waals surface area contributed by atoms with Crippen LogP contribution in [-0.4, -0.2) is 12.6 Å². The Morgan fingerprint density at radius 2 is 1.86 bits per heavy atom. The lowest BCUT2D eigenvalue weighted by Crippen LogP contribution is -2.32. The van der Waals surface area contributed by atoms with Crippen molar-refractivity contribution in [2.45, 2.75) is 32.4 Å². The Bertz CT molecular complexity index is 571. The number of aryl methyl sites for hydroxylation is 1. The van der Waals surface area contributed by atoms with Crippen molar-refractivity contribution in [3.8, 4) is 0 Å². The Labute approximate surface area is 131 Å². The summed E-state index contributed by atoms with van der Waals surface area (Å²) in [6.07, 6.45) is 0.576. The van der Waals surface area contributed by atoms with Crippen molar-refractivity contribution in [2.24, 2.45) is 5.73 Å². The highest BCUT2D eigenvalue weighted by molar-refractivity contribution is 6.31. The van der Waals surface area contributed by atoms with E-state index in [1.807, 2.05) is 44.2 Å². The number of benzene rings is 2. The Morgan fingerprint density at radius 3 is 2.48 bits per heavy atom. The van der Waals surface area contributed by atoms with Gasteiger partial charge in [-0.2, -0.15) is 0 Å². The fraction of sp³-hybridized carbons (Fsp3) is 0.333. The molecule has 21 heavy (non-hydrogen) atoms. The molecule has 2 aromatic carbocycles. The SMILES string of the molecule is CCOC(c1ccccc1)C(N)Cc1ccc(C)cc1Cl. The van der Waals surface area contributed by atoms with E-state index in [4.69, 9.17) is 22.1 Å². The Hall–Kier alpha value is -1.35. The maximum absolute atomic E-state index is 6.39. The van der Waals surface area contributed by atoms with Crippen LogP contribution in [0.3, 0.4) is 0 Å². The zero-order chi connectivity index (χ0) is 15.2. The van der Waals surface area contributed by atoms with Crippen molar-refractivity contribution in [3.63, 3.8) is 0 Å². The third kappa shape index (κ3) is 4.31. The van der Waals surface area contributed by atoms with E-state index in [1.165, 1.54) is 0 Å². The number of hydrogen-bond donors (Lipinski definition) is 1. The maximum Gasteiger partial charge on any atom is 0.0978 e. The number of hydrogen-bond acceptors (Lipinski definition) is 2. The smallest absolute Gasteiger partial charge is 0.0978 e. The second-order valence-electron chi connectivity index (χ2n) is 5.25. The molecule has 0 amide bonds. The zero-order valence-electron chi connectivity index (χ0n) is 12.6. The first-order chi connectivity index (χ1) is 10.1. The lowest BCUT2D eigenvalue weighted by molar-refractivity contribution is 0.0433. The normalized spacial score (nSPS) is 13.9. The molecule has 0 aromatic heterocycles. The van der Waals surface area contributed by atoms with Gasteiger partial charge in [0, 0.05) is 17.7 Å². The van der Waals surface area contributed by atoms with Crippen LogP contribution in [0.1, 0.15) is 29.7 Å². The van der Waals surface area contributed by atoms with Gasteiger partial charge in [0.25, 0.3) is 0 Å². The van der Waals surface area contributed by atoms with E-state index in [0.29, 0.717) is 13.0 Å². The van der Waals surface area contributed by atoms with E-state index >= 15 is 0 Å². The number of ether oxygens (including phenoxy) is 1. The maximum atomic E-state index is 6.39. The molecule has 3 heteroatoms. The van der Waals surface area contributed by atoms with Crippen molar-refractivity contribution in [1.82, 2.24) is 0 Å². The molecule has 2 N–H and O–H groups in total. The number of rotatable bonds is 6. The molecule has 2 rings (SSSR count). The van der Waals surface area contributed by atoms with E-state index in [1.54, 1.807) is 0 Å². The molecule has 0 aliphatic carbocycles. The van der Waals surface area contributed by atoms with Gasteiger partial charge in [-0.3, -0.25) is 0 Å². The summed E-state index contributed by atoms with van der Waals surface area (Å²) in [5.74, 6) is 0. The highest BCUT2D eigenvalue weighted by atomic mass is 35.5. The molecule has 0 bridgehead atoms. The fourth-order valence-corrected chi connectivity index (χ4v) is 2.78. The lowest BCUT2D eigenvalue weighted by Gasteiger charge is -2.24. The van der Waals surface area contributed by atoms with Crippen LogP contribution in [0, 0.1) is 6.92 Å². The first kappa shape index (κ1) is 16.0. The van der Waals surface area contributed by atoms with E-state index in [9.17, 15) is 0 Å². The molecule has 0 saturated carbocycles. The minimum atomic E-state index is -0.132. The standard InChI is InChI=1S/C18H22ClNO/c1-3-21-18(14-7-5-4-6-8-14)17(20)12-15-10-9-13(2)11-16(15)19/h4-11,17-18H,3,12,20H2,1-2H3. The zero-order valence-corrected chi connectivity index (χ0v) is 13.3. The number of halogens is 1. The summed E-state index contributed by atoms with van der Waals surface area (Å²) in [4.78, 5) is 0. The van der Waals surface area contributed by atoms with E-state index in [0.717, 1.165) is 21.7 Å². The summed E-state index contributed by atoms with van der Waals surface area (Å²) < 4.78 is 5.86. The highest BCUT2D eigenvalue weighted by Crippen LogP contribution is 2.25. The molecule has 0 aliphatic rings. The van der Waals surface area contributed by atoms with E-state index < -0.39 is 0 Å². The van der Waals surface area contributed by atoms with Gasteiger partial charge in [0.1, 0.15) is 0 Å². The largest absolute Gasteiger partial charge is 0.372 e. The van der Waals surface area contributed by atoms with Crippen LogP contribution in [0.5, 0.6) is 0 Å². The fourth-order valence-electron chi connectivity index (χ4n) is 2.47. The molecule has 0 spiro atoms. The minimum absolute atomic E-state index is 0.117. The van der Waals surface area contributed by atoms with Crippen LogP contribution in [0.4, 0.5) is 0 Å². The van der Waals surface area contributed by atoms with Gasteiger partial charge in [-0.15, -0.1) is 0 Å². The van der Waals surface area contributed by atoms with Crippen LogP contribution in [0.25, 0.3) is 0 Å². The Balaban J connectivity index is 2.17. The van der Waals surface area contributed by atoms with Crippen LogP contribution in [0.15, 0.2) is 48.5 Å². The van der Waals surface area contributed by atoms with Gasteiger partial charge in [0.2, 0.25) is 0 Å². The lowest BCUT2D eigenvalue weighted by atomic mass is 9.96. The van der Waals surface area contributed by atoms with Crippen molar-refractivity contribution >= 4 is 11.6 Å². The molecular formula is C18H22ClNO. The van der Waals surface area contributed by atoms with Crippen molar-refractivity contribution in [3.05, 3.63) is 70.2 Å². The molecule has 0 saturated heterocycles. The van der Waals surface area contributed by atoms with Gasteiger partial charge in [0.15, 0.2) is 0 Å². The molecule has 0 radical (unpaired) electrons. The topological polar surface area (TPSA) is 35.2 Å². The second-order valence-corrected chi connectivity index (χ2v) is 5.66. The number of nitrogens with two attached hydrogens (primary N) is 1. The van der Waals surface area contributed by atoms with Crippen molar-refractivity contribution < 1.29 is 4.74 Å². The molecule has 2 nitrogen and oxygen atoms in total. The summed E-state index contributed by atoms with van der Waals surface area (Å²) in [7, 11) is 0. The summed E-state index contributed by atoms with van der Waals surface area (Å²) in [6, 6.07) is 16.1. The van der Waals surface area contributed by atoms with Crippen LogP contribution < -0.4 is 5.73 Å². The predicted molar refractivity (Wildman–Crippen MR) is 88.7 cm³/mol. The first-order valence-electron chi connectivity index (χ1n) is 7.29. The van der Waals surface area contributed by atoms with Gasteiger partial charge in [-0.25, -0.2) is 0 Å². The van der Waals surface area contributed by atoms with Gasteiger partial charge in [-0.1, -0.05) is 54.1 Å². The van der Waals surface area contributed by atoms with Gasteiger partial charge in [0.05, 0.1) is 6.10 Å². The molecular weight excluding hydrogens is 282 g/mol. The quantitative estimate of drug-likeness (QED) is 0.863. The molecule has 0 fully saturated rings. The summed E-state index contributed by atoms with van der Waals surface area (Å²) in [5, 5.41) is 0.772. The molecule has 0 heterocycles. The van der Waals surface area contributed by atoms with Crippen molar-refractivity contribution in [1.29, 1.82) is 0 Å². The Morgan fingerprint density at radius 1 is 1.14 bits per heavy atom. The molecule has 112 valence electrons. The average Bonchev–Trinajstić information content (AvgIpc) is 2.48. The summed E-state index contributed by atoms with van der Waals surface area (Å²) >= 11 is 6.30. The van der Waals surface area contributed by atoms with Gasteiger partial charge in [-0.05, 0) is 43.0 Å².